The highest BCUT2D eigenvalue weighted by Crippen LogP contribution is 2.15. The lowest BCUT2D eigenvalue weighted by Crippen LogP contribution is -2.34. The summed E-state index contributed by atoms with van der Waals surface area (Å²) in [6, 6.07) is 1.34. The van der Waals surface area contributed by atoms with Crippen LogP contribution in [-0.4, -0.2) is 17.4 Å². The minimum absolute atomic E-state index is 0. The maximum absolute atomic E-state index is 6.02. The van der Waals surface area contributed by atoms with Gasteiger partial charge in [0.15, 0.2) is 17.4 Å². The highest BCUT2D eigenvalue weighted by molar-refractivity contribution is 6.77. The number of hydrogen-bond acceptors (Lipinski definition) is 1. The molecule has 0 aliphatic carbocycles. The van der Waals surface area contributed by atoms with Crippen molar-refractivity contribution in [3.63, 3.8) is 0 Å². The van der Waals surface area contributed by atoms with Crippen molar-refractivity contribution < 1.29 is 4.12 Å². The summed E-state index contributed by atoms with van der Waals surface area (Å²) in [4.78, 5) is 0. The van der Waals surface area contributed by atoms with E-state index in [1.165, 1.54) is 18.9 Å². The Morgan fingerprint density at radius 2 is 1.50 bits per heavy atom. The van der Waals surface area contributed by atoms with Crippen LogP contribution in [0.1, 0.15) is 42.0 Å². The van der Waals surface area contributed by atoms with Gasteiger partial charge in [0.1, 0.15) is 0 Å². The summed E-state index contributed by atoms with van der Waals surface area (Å²) >= 11 is 0. The van der Waals surface area contributed by atoms with Crippen LogP contribution in [0.25, 0.3) is 0 Å². The van der Waals surface area contributed by atoms with E-state index in [1.807, 2.05) is 0 Å². The van der Waals surface area contributed by atoms with Crippen LogP contribution >= 0.6 is 0 Å². The van der Waals surface area contributed by atoms with Gasteiger partial charge in [0, 0.05) is 0 Å². The van der Waals surface area contributed by atoms with E-state index in [1.54, 1.807) is 0 Å². The molecule has 1 nitrogen and oxygen atoms in total. The highest BCUT2D eigenvalue weighted by Gasteiger charge is 2.22. The minimum atomic E-state index is -1.23. The van der Waals surface area contributed by atoms with E-state index in [9.17, 15) is 0 Å². The average Bonchev–Trinajstić information content (AvgIpc) is 1.81. The fourth-order valence-electron chi connectivity index (χ4n) is 1.30. The van der Waals surface area contributed by atoms with Crippen molar-refractivity contribution in [1.82, 2.24) is 0 Å². The molecule has 0 spiro atoms. The van der Waals surface area contributed by atoms with Gasteiger partial charge in [-0.2, -0.15) is 0 Å². The first-order valence-corrected chi connectivity index (χ1v) is 10.6. The molecule has 0 heterocycles. The molecule has 0 amide bonds. The second-order valence-electron chi connectivity index (χ2n) is 4.03. The van der Waals surface area contributed by atoms with Gasteiger partial charge in [0.25, 0.3) is 0 Å². The Hall–Kier alpha value is 0.394. The third-order valence-electron chi connectivity index (χ3n) is 1.69. The van der Waals surface area contributed by atoms with E-state index in [0.29, 0.717) is 0 Å². The molecular weight excluding hydrogens is 204 g/mol. The Morgan fingerprint density at radius 1 is 1.07 bits per heavy atom. The third kappa shape index (κ3) is 14.9. The molecule has 0 bridgehead atoms. The topological polar surface area (TPSA) is 9.23 Å². The van der Waals surface area contributed by atoms with E-state index >= 15 is 0 Å². The Kier molecular flexibility index (Phi) is 19.6. The van der Waals surface area contributed by atoms with Crippen molar-refractivity contribution in [2.75, 3.05) is 0 Å². The monoisotopic (exact) mass is 238 g/mol. The van der Waals surface area contributed by atoms with Crippen LogP contribution in [0.15, 0.2) is 0 Å². The smallest absolute Gasteiger partial charge is 0.173 e. The molecular formula is C11H34OSi2. The summed E-state index contributed by atoms with van der Waals surface area (Å²) in [7, 11) is -2.00. The average molecular weight is 239 g/mol. The summed E-state index contributed by atoms with van der Waals surface area (Å²) in [5, 5.41) is 0. The van der Waals surface area contributed by atoms with Gasteiger partial charge in [-0.3, -0.25) is 0 Å². The number of unbranched alkanes of at least 4 members (excludes halogenated alkanes) is 1. The molecule has 0 aliphatic rings. The molecule has 0 aromatic heterocycles. The summed E-state index contributed by atoms with van der Waals surface area (Å²) in [5.41, 5.74) is 0. The molecule has 0 saturated heterocycles. The number of rotatable bonds is 5. The van der Waals surface area contributed by atoms with Crippen LogP contribution in [0, 0.1) is 0 Å². The SMILES string of the molecule is C.C.C.CCCC[Si](C)(C)O[SiH](C)C. The Balaban J connectivity index is -0.000000167. The molecule has 0 rings (SSSR count). The van der Waals surface area contributed by atoms with Gasteiger partial charge in [-0.1, -0.05) is 42.0 Å². The van der Waals surface area contributed by atoms with Crippen LogP contribution in [0.2, 0.25) is 32.2 Å². The van der Waals surface area contributed by atoms with Gasteiger partial charge in [0.2, 0.25) is 0 Å². The Bertz CT molecular complexity index is 103. The van der Waals surface area contributed by atoms with E-state index < -0.39 is 17.4 Å². The first-order valence-electron chi connectivity index (χ1n) is 4.66. The second-order valence-corrected chi connectivity index (χ2v) is 11.1. The lowest BCUT2D eigenvalue weighted by molar-refractivity contribution is 0.565. The molecule has 0 aromatic rings. The quantitative estimate of drug-likeness (QED) is 0.619. The molecule has 3 heteroatoms. The van der Waals surface area contributed by atoms with Crippen molar-refractivity contribution in [2.45, 2.75) is 74.3 Å². The molecule has 0 aliphatic heterocycles. The zero-order valence-corrected chi connectivity index (χ0v) is 10.8. The molecule has 0 unspecified atom stereocenters. The van der Waals surface area contributed by atoms with E-state index in [0.717, 1.165) is 0 Å². The van der Waals surface area contributed by atoms with E-state index in [2.05, 4.69) is 33.1 Å². The molecule has 92 valence electrons. The molecule has 0 radical (unpaired) electrons. The molecule has 14 heavy (non-hydrogen) atoms. The van der Waals surface area contributed by atoms with Crippen LogP contribution in [0.5, 0.6) is 0 Å². The van der Waals surface area contributed by atoms with Gasteiger partial charge in [-0.25, -0.2) is 0 Å². The van der Waals surface area contributed by atoms with Crippen LogP contribution < -0.4 is 0 Å². The van der Waals surface area contributed by atoms with Crippen LogP contribution in [-0.2, 0) is 4.12 Å². The Morgan fingerprint density at radius 3 is 1.79 bits per heavy atom. The lowest BCUT2D eigenvalue weighted by atomic mass is 10.4. The Labute approximate surface area is 96.1 Å². The van der Waals surface area contributed by atoms with Crippen LogP contribution in [0.4, 0.5) is 0 Å². The predicted octanol–water partition coefficient (Wildman–Crippen LogP) is 4.90. The fraction of sp³-hybridized carbons (Fsp3) is 1.00. The lowest BCUT2D eigenvalue weighted by Gasteiger charge is -2.25. The van der Waals surface area contributed by atoms with Crippen molar-refractivity contribution in [1.29, 1.82) is 0 Å². The summed E-state index contributed by atoms with van der Waals surface area (Å²) < 4.78 is 6.02. The van der Waals surface area contributed by atoms with Gasteiger partial charge in [0.05, 0.1) is 0 Å². The van der Waals surface area contributed by atoms with Gasteiger partial charge >= 0.3 is 0 Å². The van der Waals surface area contributed by atoms with E-state index in [4.69, 9.17) is 4.12 Å². The molecule has 0 saturated carbocycles. The molecule has 0 fully saturated rings. The third-order valence-corrected chi connectivity index (χ3v) is 7.68. The standard InChI is InChI=1S/C8H22OSi2.3CH4/c1-6-7-8-11(4,5)9-10(2)3;;;/h10H,6-8H2,1-5H3;3*1H4. The van der Waals surface area contributed by atoms with Crippen molar-refractivity contribution in [3.05, 3.63) is 0 Å². The van der Waals surface area contributed by atoms with E-state index in [-0.39, 0.29) is 22.3 Å². The molecule has 0 aromatic carbocycles. The largest absolute Gasteiger partial charge is 0.458 e. The highest BCUT2D eigenvalue weighted by atomic mass is 28.4. The minimum Gasteiger partial charge on any atom is -0.458 e. The number of hydrogen-bond donors (Lipinski definition) is 0. The van der Waals surface area contributed by atoms with Gasteiger partial charge < -0.3 is 4.12 Å². The second kappa shape index (κ2) is 11.5. The zero-order chi connectivity index (χ0) is 8.91. The summed E-state index contributed by atoms with van der Waals surface area (Å²) in [5.74, 6) is 0. The van der Waals surface area contributed by atoms with Crippen molar-refractivity contribution in [2.24, 2.45) is 0 Å². The summed E-state index contributed by atoms with van der Waals surface area (Å²) in [6.45, 7) is 11.5. The molecule has 0 atom stereocenters. The predicted molar refractivity (Wildman–Crippen MR) is 77.4 cm³/mol. The van der Waals surface area contributed by atoms with Crippen LogP contribution in [0.3, 0.4) is 0 Å². The zero-order valence-electron chi connectivity index (χ0n) is 8.61. The first kappa shape index (κ1) is 23.9. The van der Waals surface area contributed by atoms with Crippen molar-refractivity contribution >= 4 is 17.4 Å². The summed E-state index contributed by atoms with van der Waals surface area (Å²) in [6.07, 6.45) is 2.65. The maximum Gasteiger partial charge on any atom is 0.173 e. The van der Waals surface area contributed by atoms with Crippen molar-refractivity contribution in [3.8, 4) is 0 Å². The maximum atomic E-state index is 6.02. The fourth-order valence-corrected chi connectivity index (χ4v) is 8.08. The van der Waals surface area contributed by atoms with Gasteiger partial charge in [-0.05, 0) is 32.2 Å². The normalized spacial score (nSPS) is 9.86. The van der Waals surface area contributed by atoms with Gasteiger partial charge in [-0.15, -0.1) is 0 Å². The first-order chi connectivity index (χ1) is 4.98. The molecule has 0 N–H and O–H groups in total.